The fourth-order valence-corrected chi connectivity index (χ4v) is 3.61. The van der Waals surface area contributed by atoms with Gasteiger partial charge in [-0.05, 0) is 0 Å². The van der Waals surface area contributed by atoms with Crippen molar-refractivity contribution in [3.05, 3.63) is 60.7 Å². The standard InChI is InChI=1S/2C12H11N7/c2*13-9-7(6-4-2-1-3-5-6)16-8-10(14)18-12(15)19-11(8)17-9/h2*1-5H,(H6,13,14,15,17,18,19). The fraction of sp³-hybridized carbons (Fsp3) is 0. The predicted molar refractivity (Wildman–Crippen MR) is 148 cm³/mol. The average Bonchev–Trinajstić information content (AvgIpc) is 2.89. The van der Waals surface area contributed by atoms with Crippen LogP contribution < -0.4 is 34.4 Å². The van der Waals surface area contributed by atoms with E-state index in [1.807, 2.05) is 60.7 Å². The molecular formula is C24H22N14. The zero-order chi connectivity index (χ0) is 26.8. The van der Waals surface area contributed by atoms with Crippen LogP contribution in [0.2, 0.25) is 0 Å². The summed E-state index contributed by atoms with van der Waals surface area (Å²) < 4.78 is 0. The number of nitrogen functional groups attached to an aromatic ring is 6. The van der Waals surface area contributed by atoms with Crippen molar-refractivity contribution in [2.75, 3.05) is 34.4 Å². The first-order valence-electron chi connectivity index (χ1n) is 11.1. The third-order valence-corrected chi connectivity index (χ3v) is 5.30. The quantitative estimate of drug-likeness (QED) is 0.195. The van der Waals surface area contributed by atoms with Crippen LogP contribution in [-0.4, -0.2) is 39.9 Å². The van der Waals surface area contributed by atoms with Crippen molar-refractivity contribution in [3.8, 4) is 22.5 Å². The molecule has 14 heteroatoms. The van der Waals surface area contributed by atoms with Crippen molar-refractivity contribution in [1.82, 2.24) is 39.9 Å². The van der Waals surface area contributed by atoms with E-state index >= 15 is 0 Å². The second-order valence-electron chi connectivity index (χ2n) is 7.93. The lowest BCUT2D eigenvalue weighted by Crippen LogP contribution is -2.06. The number of fused-ring (bicyclic) bond motifs is 2. The van der Waals surface area contributed by atoms with E-state index in [1.54, 1.807) is 0 Å². The van der Waals surface area contributed by atoms with Gasteiger partial charge in [0, 0.05) is 11.1 Å². The summed E-state index contributed by atoms with van der Waals surface area (Å²) in [5.41, 5.74) is 38.6. The maximum Gasteiger partial charge on any atom is 0.224 e. The van der Waals surface area contributed by atoms with Gasteiger partial charge in [-0.25, -0.2) is 19.9 Å². The highest BCUT2D eigenvalue weighted by Crippen LogP contribution is 2.27. The molecule has 0 bridgehead atoms. The predicted octanol–water partition coefficient (Wildman–Crippen LogP) is 1.67. The molecule has 0 unspecified atom stereocenters. The summed E-state index contributed by atoms with van der Waals surface area (Å²) in [5.74, 6) is 1.02. The molecule has 0 atom stereocenters. The van der Waals surface area contributed by atoms with Crippen molar-refractivity contribution in [3.63, 3.8) is 0 Å². The maximum atomic E-state index is 5.90. The number of benzene rings is 2. The molecule has 0 fully saturated rings. The lowest BCUT2D eigenvalue weighted by atomic mass is 10.1. The molecule has 0 amide bonds. The molecule has 2 aromatic carbocycles. The lowest BCUT2D eigenvalue weighted by molar-refractivity contribution is 1.17. The zero-order valence-corrected chi connectivity index (χ0v) is 19.8. The summed E-state index contributed by atoms with van der Waals surface area (Å²) in [6, 6.07) is 18.9. The van der Waals surface area contributed by atoms with E-state index < -0.39 is 0 Å². The summed E-state index contributed by atoms with van der Waals surface area (Å²) in [7, 11) is 0. The van der Waals surface area contributed by atoms with Gasteiger partial charge in [0.15, 0.2) is 45.6 Å². The Morgan fingerprint density at radius 2 is 0.737 bits per heavy atom. The molecule has 0 radical (unpaired) electrons. The number of nitrogens with two attached hydrogens (primary N) is 6. The molecule has 188 valence electrons. The van der Waals surface area contributed by atoms with E-state index in [-0.39, 0.29) is 35.2 Å². The van der Waals surface area contributed by atoms with Crippen LogP contribution in [0, 0.1) is 0 Å². The van der Waals surface area contributed by atoms with Crippen molar-refractivity contribution in [1.29, 1.82) is 0 Å². The van der Waals surface area contributed by atoms with Gasteiger partial charge >= 0.3 is 0 Å². The Balaban J connectivity index is 0.000000155. The molecule has 6 rings (SSSR count). The Morgan fingerprint density at radius 1 is 0.368 bits per heavy atom. The van der Waals surface area contributed by atoms with Crippen LogP contribution in [0.4, 0.5) is 35.2 Å². The summed E-state index contributed by atoms with van der Waals surface area (Å²) in [6.07, 6.45) is 0. The minimum absolute atomic E-state index is 0.0474. The van der Waals surface area contributed by atoms with Crippen LogP contribution in [0.25, 0.3) is 44.8 Å². The van der Waals surface area contributed by atoms with E-state index in [2.05, 4.69) is 39.9 Å². The maximum absolute atomic E-state index is 5.90. The molecule has 4 aromatic heterocycles. The molecular weight excluding hydrogens is 484 g/mol. The van der Waals surface area contributed by atoms with E-state index in [1.165, 1.54) is 0 Å². The van der Waals surface area contributed by atoms with Gasteiger partial charge in [0.05, 0.1) is 0 Å². The van der Waals surface area contributed by atoms with Gasteiger partial charge in [-0.2, -0.15) is 19.9 Å². The van der Waals surface area contributed by atoms with Gasteiger partial charge in [0.25, 0.3) is 0 Å². The topological polar surface area (TPSA) is 259 Å². The number of aromatic nitrogens is 8. The number of anilines is 6. The zero-order valence-electron chi connectivity index (χ0n) is 19.8. The van der Waals surface area contributed by atoms with Gasteiger partial charge in [-0.1, -0.05) is 60.7 Å². The van der Waals surface area contributed by atoms with Crippen molar-refractivity contribution >= 4 is 57.5 Å². The highest BCUT2D eigenvalue weighted by molar-refractivity contribution is 5.88. The Labute approximate surface area is 215 Å². The molecule has 0 aliphatic carbocycles. The lowest BCUT2D eigenvalue weighted by Gasteiger charge is -2.07. The largest absolute Gasteiger partial charge is 0.382 e. The summed E-state index contributed by atoms with van der Waals surface area (Å²) in [6.45, 7) is 0. The van der Waals surface area contributed by atoms with Crippen LogP contribution in [0.3, 0.4) is 0 Å². The van der Waals surface area contributed by atoms with Crippen LogP contribution in [0.1, 0.15) is 0 Å². The smallest absolute Gasteiger partial charge is 0.224 e. The SMILES string of the molecule is Nc1nc(N)c2nc(-c3ccccc3)c(N)nc2n1.Nc1nc(N)c2nc(-c3ccccc3)c(N)nc2n1. The van der Waals surface area contributed by atoms with Gasteiger partial charge in [-0.15, -0.1) is 0 Å². The summed E-state index contributed by atoms with van der Waals surface area (Å²) in [4.78, 5) is 32.8. The molecule has 38 heavy (non-hydrogen) atoms. The molecule has 0 aliphatic rings. The second kappa shape index (κ2) is 9.62. The monoisotopic (exact) mass is 506 g/mol. The van der Waals surface area contributed by atoms with E-state index in [9.17, 15) is 0 Å². The number of nitrogens with zero attached hydrogens (tertiary/aromatic N) is 8. The van der Waals surface area contributed by atoms with Crippen molar-refractivity contribution in [2.45, 2.75) is 0 Å². The molecule has 6 aromatic rings. The van der Waals surface area contributed by atoms with E-state index in [4.69, 9.17) is 34.4 Å². The third kappa shape index (κ3) is 4.64. The fourth-order valence-electron chi connectivity index (χ4n) is 3.61. The molecule has 0 saturated heterocycles. The second-order valence-corrected chi connectivity index (χ2v) is 7.93. The molecule has 0 saturated carbocycles. The Kier molecular flexibility index (Phi) is 6.02. The van der Waals surface area contributed by atoms with Crippen molar-refractivity contribution in [2.24, 2.45) is 0 Å². The molecule has 4 heterocycles. The van der Waals surface area contributed by atoms with Crippen LogP contribution in [-0.2, 0) is 0 Å². The molecule has 14 nitrogen and oxygen atoms in total. The third-order valence-electron chi connectivity index (χ3n) is 5.30. The van der Waals surface area contributed by atoms with Gasteiger partial charge in [0.1, 0.15) is 11.4 Å². The first-order chi connectivity index (χ1) is 18.3. The Hall–Kier alpha value is -5.92. The highest BCUT2D eigenvalue weighted by Gasteiger charge is 2.14. The first kappa shape index (κ1) is 23.8. The van der Waals surface area contributed by atoms with Gasteiger partial charge in [0.2, 0.25) is 11.9 Å². The molecule has 12 N–H and O–H groups in total. The number of rotatable bonds is 2. The number of hydrogen-bond acceptors (Lipinski definition) is 14. The average molecular weight is 507 g/mol. The van der Waals surface area contributed by atoms with E-state index in [0.29, 0.717) is 33.7 Å². The Bertz CT molecular complexity index is 1640. The minimum atomic E-state index is 0.0474. The van der Waals surface area contributed by atoms with Crippen LogP contribution >= 0.6 is 0 Å². The van der Waals surface area contributed by atoms with Gasteiger partial charge < -0.3 is 34.4 Å². The summed E-state index contributed by atoms with van der Waals surface area (Å²) >= 11 is 0. The van der Waals surface area contributed by atoms with Crippen molar-refractivity contribution < 1.29 is 0 Å². The number of hydrogen-bond donors (Lipinski definition) is 6. The molecule has 0 spiro atoms. The van der Waals surface area contributed by atoms with Gasteiger partial charge in [-0.3, -0.25) is 0 Å². The molecule has 0 aliphatic heterocycles. The van der Waals surface area contributed by atoms with E-state index in [0.717, 1.165) is 11.1 Å². The highest BCUT2D eigenvalue weighted by atomic mass is 15.1. The summed E-state index contributed by atoms with van der Waals surface area (Å²) in [5, 5.41) is 0. The minimum Gasteiger partial charge on any atom is -0.382 e. The van der Waals surface area contributed by atoms with Crippen LogP contribution in [0.15, 0.2) is 60.7 Å². The normalized spacial score (nSPS) is 10.7. The van der Waals surface area contributed by atoms with Crippen LogP contribution in [0.5, 0.6) is 0 Å². The first-order valence-corrected chi connectivity index (χ1v) is 11.1. The Morgan fingerprint density at radius 3 is 1.11 bits per heavy atom.